The van der Waals surface area contributed by atoms with Gasteiger partial charge < -0.3 is 10.4 Å². The van der Waals surface area contributed by atoms with Gasteiger partial charge in [-0.05, 0) is 25.0 Å². The number of pyridine rings is 1. The fourth-order valence-corrected chi connectivity index (χ4v) is 3.06. The molecule has 0 radical (unpaired) electrons. The third kappa shape index (κ3) is 2.87. The van der Waals surface area contributed by atoms with Gasteiger partial charge in [-0.3, -0.25) is 9.78 Å². The average molecular weight is 353 g/mol. The van der Waals surface area contributed by atoms with Gasteiger partial charge in [-0.15, -0.1) is 0 Å². The fraction of sp³-hybridized carbons (Fsp3) is 0.294. The summed E-state index contributed by atoms with van der Waals surface area (Å²) in [5.74, 6) is -1.53. The Labute approximate surface area is 142 Å². The highest BCUT2D eigenvalue weighted by molar-refractivity contribution is 6.30. The molecule has 1 aliphatic rings. The van der Waals surface area contributed by atoms with Gasteiger partial charge in [0.1, 0.15) is 5.82 Å². The number of alkyl halides is 1. The first-order valence-electron chi connectivity index (χ1n) is 7.47. The molecule has 1 aromatic carbocycles. The lowest BCUT2D eigenvalue weighted by Gasteiger charge is -2.32. The monoisotopic (exact) mass is 352 g/mol. The zero-order chi connectivity index (χ0) is 17.3. The minimum atomic E-state index is -2.31. The lowest BCUT2D eigenvalue weighted by Crippen LogP contribution is -2.44. The second-order valence-electron chi connectivity index (χ2n) is 5.69. The van der Waals surface area contributed by atoms with Crippen LogP contribution in [0.1, 0.15) is 35.8 Å². The predicted molar refractivity (Wildman–Crippen MR) is 84.5 cm³/mol. The molecule has 126 valence electrons. The Balaban J connectivity index is 1.82. The zero-order valence-corrected chi connectivity index (χ0v) is 13.4. The predicted octanol–water partition coefficient (Wildman–Crippen LogP) is 3.18. The number of amides is 1. The number of hydrogen-bond donors (Lipinski definition) is 2. The molecule has 4 nitrogen and oxygen atoms in total. The molecule has 1 heterocycles. The van der Waals surface area contributed by atoms with E-state index in [2.05, 4.69) is 10.3 Å². The van der Waals surface area contributed by atoms with Crippen LogP contribution in [-0.2, 0) is 17.0 Å². The van der Waals surface area contributed by atoms with Crippen molar-refractivity contribution in [3.63, 3.8) is 0 Å². The molecule has 2 atom stereocenters. The highest BCUT2D eigenvalue weighted by atomic mass is 35.5. The largest absolute Gasteiger partial charge is 0.387 e. The number of nitrogens with one attached hydrogen (secondary N) is 1. The van der Waals surface area contributed by atoms with E-state index in [9.17, 15) is 14.3 Å². The zero-order valence-electron chi connectivity index (χ0n) is 12.6. The van der Waals surface area contributed by atoms with Crippen LogP contribution in [0.4, 0.5) is 8.78 Å². The number of aliphatic hydroxyl groups excluding tert-OH is 1. The lowest BCUT2D eigenvalue weighted by molar-refractivity contribution is -0.135. The summed E-state index contributed by atoms with van der Waals surface area (Å²) in [4.78, 5) is 16.4. The number of carbonyl (C=O) groups is 1. The summed E-state index contributed by atoms with van der Waals surface area (Å²) in [5, 5.41) is 12.3. The van der Waals surface area contributed by atoms with Crippen LogP contribution in [0.15, 0.2) is 36.5 Å². The molecule has 7 heteroatoms. The van der Waals surface area contributed by atoms with Crippen LogP contribution in [0.2, 0.25) is 5.02 Å². The Kier molecular flexibility index (Phi) is 4.51. The summed E-state index contributed by atoms with van der Waals surface area (Å²) >= 11 is 5.69. The van der Waals surface area contributed by atoms with Crippen molar-refractivity contribution >= 4 is 17.5 Å². The molecular formula is C17H15ClF2N2O2. The highest BCUT2D eigenvalue weighted by Gasteiger charge is 2.46. The Morgan fingerprint density at radius 3 is 3.00 bits per heavy atom. The molecule has 0 bridgehead atoms. The van der Waals surface area contributed by atoms with E-state index in [4.69, 9.17) is 11.6 Å². The summed E-state index contributed by atoms with van der Waals surface area (Å²) < 4.78 is 29.2. The average Bonchev–Trinajstić information content (AvgIpc) is 2.59. The maximum absolute atomic E-state index is 15.3. The Hall–Kier alpha value is -2.05. The van der Waals surface area contributed by atoms with E-state index in [1.54, 1.807) is 6.07 Å². The molecule has 2 N–H and O–H groups in total. The van der Waals surface area contributed by atoms with Gasteiger partial charge in [-0.2, -0.15) is 0 Å². The van der Waals surface area contributed by atoms with Gasteiger partial charge in [0.05, 0.1) is 16.8 Å². The normalized spacial score (nSPS) is 22.8. The standard InChI is InChI=1S/C17H15ClF2N2O2/c18-12-5-1-3-10(14(12)19)9-22-16(24)17(20)7-6-13(23)15-11(17)4-2-8-21-15/h1-5,8,13,23H,6-7,9H2,(H,22,24). The first kappa shape index (κ1) is 16.8. The molecule has 1 aliphatic carbocycles. The minimum Gasteiger partial charge on any atom is -0.387 e. The lowest BCUT2D eigenvalue weighted by atomic mass is 9.81. The van der Waals surface area contributed by atoms with Crippen molar-refractivity contribution < 1.29 is 18.7 Å². The van der Waals surface area contributed by atoms with E-state index in [0.29, 0.717) is 0 Å². The number of nitrogens with zero attached hydrogens (tertiary/aromatic N) is 1. The van der Waals surface area contributed by atoms with Crippen molar-refractivity contribution in [1.82, 2.24) is 10.3 Å². The molecular weight excluding hydrogens is 338 g/mol. The summed E-state index contributed by atoms with van der Waals surface area (Å²) in [5.41, 5.74) is -1.93. The number of aliphatic hydroxyl groups is 1. The van der Waals surface area contributed by atoms with Crippen molar-refractivity contribution in [2.45, 2.75) is 31.2 Å². The van der Waals surface area contributed by atoms with E-state index < -0.39 is 23.5 Å². The van der Waals surface area contributed by atoms with Crippen LogP contribution in [0, 0.1) is 5.82 Å². The Morgan fingerprint density at radius 1 is 1.42 bits per heavy atom. The molecule has 0 saturated heterocycles. The molecule has 1 aromatic heterocycles. The first-order chi connectivity index (χ1) is 11.4. The highest BCUT2D eigenvalue weighted by Crippen LogP contribution is 2.42. The second kappa shape index (κ2) is 6.45. The van der Waals surface area contributed by atoms with Gasteiger partial charge in [0.25, 0.3) is 5.91 Å². The van der Waals surface area contributed by atoms with Gasteiger partial charge in [0.2, 0.25) is 5.67 Å². The third-order valence-electron chi connectivity index (χ3n) is 4.17. The van der Waals surface area contributed by atoms with Crippen molar-refractivity contribution in [3.8, 4) is 0 Å². The number of benzene rings is 1. The van der Waals surface area contributed by atoms with Crippen LogP contribution in [-0.4, -0.2) is 16.0 Å². The van der Waals surface area contributed by atoms with E-state index in [-0.39, 0.29) is 41.2 Å². The number of carbonyl (C=O) groups excluding carboxylic acids is 1. The number of fused-ring (bicyclic) bond motifs is 1. The van der Waals surface area contributed by atoms with Crippen molar-refractivity contribution in [2.75, 3.05) is 0 Å². The van der Waals surface area contributed by atoms with Crippen LogP contribution in [0.3, 0.4) is 0 Å². The van der Waals surface area contributed by atoms with Gasteiger partial charge in [0.15, 0.2) is 0 Å². The molecule has 1 amide bonds. The Morgan fingerprint density at radius 2 is 2.21 bits per heavy atom. The van der Waals surface area contributed by atoms with Gasteiger partial charge in [0, 0.05) is 23.9 Å². The van der Waals surface area contributed by atoms with Crippen molar-refractivity contribution in [2.24, 2.45) is 0 Å². The number of hydrogen-bond acceptors (Lipinski definition) is 3. The van der Waals surface area contributed by atoms with Gasteiger partial charge in [-0.1, -0.05) is 29.8 Å². The maximum Gasteiger partial charge on any atom is 0.262 e. The quantitative estimate of drug-likeness (QED) is 0.891. The summed E-state index contributed by atoms with van der Waals surface area (Å²) in [6.45, 7) is -0.185. The number of halogens is 3. The van der Waals surface area contributed by atoms with Crippen LogP contribution in [0.25, 0.3) is 0 Å². The van der Waals surface area contributed by atoms with Gasteiger partial charge >= 0.3 is 0 Å². The van der Waals surface area contributed by atoms with Crippen LogP contribution >= 0.6 is 11.6 Å². The van der Waals surface area contributed by atoms with E-state index in [1.165, 1.54) is 30.5 Å². The maximum atomic E-state index is 15.3. The summed E-state index contributed by atoms with van der Waals surface area (Å²) in [7, 11) is 0. The molecule has 0 aliphatic heterocycles. The molecule has 2 aromatic rings. The van der Waals surface area contributed by atoms with E-state index in [1.807, 2.05) is 0 Å². The summed E-state index contributed by atoms with van der Waals surface area (Å²) in [6, 6.07) is 7.35. The topological polar surface area (TPSA) is 62.2 Å². The fourth-order valence-electron chi connectivity index (χ4n) is 2.86. The molecule has 3 rings (SSSR count). The molecule has 0 spiro atoms. The SMILES string of the molecule is O=C(NCc1cccc(Cl)c1F)C1(F)CCC(O)c2ncccc21. The van der Waals surface area contributed by atoms with Crippen molar-refractivity contribution in [3.05, 3.63) is 64.2 Å². The Bertz CT molecular complexity index is 787. The molecule has 0 fully saturated rings. The van der Waals surface area contributed by atoms with Crippen molar-refractivity contribution in [1.29, 1.82) is 0 Å². The third-order valence-corrected chi connectivity index (χ3v) is 4.47. The van der Waals surface area contributed by atoms with E-state index in [0.717, 1.165) is 0 Å². The number of aromatic nitrogens is 1. The molecule has 24 heavy (non-hydrogen) atoms. The first-order valence-corrected chi connectivity index (χ1v) is 7.85. The molecule has 2 unspecified atom stereocenters. The second-order valence-corrected chi connectivity index (χ2v) is 6.09. The molecule has 0 saturated carbocycles. The number of rotatable bonds is 3. The summed E-state index contributed by atoms with van der Waals surface area (Å²) in [6.07, 6.45) is 0.451. The van der Waals surface area contributed by atoms with Crippen LogP contribution in [0.5, 0.6) is 0 Å². The van der Waals surface area contributed by atoms with E-state index >= 15 is 4.39 Å². The smallest absolute Gasteiger partial charge is 0.262 e. The van der Waals surface area contributed by atoms with Gasteiger partial charge in [-0.25, -0.2) is 8.78 Å². The van der Waals surface area contributed by atoms with Crippen LogP contribution < -0.4 is 5.32 Å². The minimum absolute atomic E-state index is 0.0489.